The lowest BCUT2D eigenvalue weighted by Crippen LogP contribution is -2.36. The number of imide groups is 1. The number of amides is 3. The SMILES string of the molecule is O=C(COC(=O)CN1C(=O)CCC1=O)Nc1ccc(Cl)cc1[N+](=O)[O-]. The zero-order valence-corrected chi connectivity index (χ0v) is 13.4. The van der Waals surface area contributed by atoms with Gasteiger partial charge in [0.1, 0.15) is 12.2 Å². The Labute approximate surface area is 145 Å². The van der Waals surface area contributed by atoms with Crippen molar-refractivity contribution in [3.8, 4) is 0 Å². The molecule has 25 heavy (non-hydrogen) atoms. The molecule has 1 fully saturated rings. The van der Waals surface area contributed by atoms with Crippen LogP contribution in [0.15, 0.2) is 18.2 Å². The van der Waals surface area contributed by atoms with E-state index in [1.54, 1.807) is 0 Å². The number of rotatable bonds is 6. The summed E-state index contributed by atoms with van der Waals surface area (Å²) in [6.45, 7) is -1.30. The second-order valence-electron chi connectivity index (χ2n) is 5.00. The number of anilines is 1. The van der Waals surface area contributed by atoms with Crippen molar-refractivity contribution in [1.82, 2.24) is 4.90 Å². The lowest BCUT2D eigenvalue weighted by molar-refractivity contribution is -0.383. The number of halogens is 1. The van der Waals surface area contributed by atoms with Crippen molar-refractivity contribution in [3.63, 3.8) is 0 Å². The van der Waals surface area contributed by atoms with Gasteiger partial charge in [-0.2, -0.15) is 0 Å². The van der Waals surface area contributed by atoms with Crippen LogP contribution in [0.2, 0.25) is 5.02 Å². The predicted octanol–water partition coefficient (Wildman–Crippen LogP) is 0.879. The first-order valence-corrected chi connectivity index (χ1v) is 7.38. The van der Waals surface area contributed by atoms with Crippen molar-refractivity contribution in [1.29, 1.82) is 0 Å². The smallest absolute Gasteiger partial charge is 0.326 e. The van der Waals surface area contributed by atoms with Gasteiger partial charge < -0.3 is 10.1 Å². The zero-order valence-electron chi connectivity index (χ0n) is 12.7. The molecule has 0 aliphatic carbocycles. The third-order valence-electron chi connectivity index (χ3n) is 3.24. The van der Waals surface area contributed by atoms with Crippen molar-refractivity contribution < 1.29 is 28.8 Å². The van der Waals surface area contributed by atoms with Gasteiger partial charge in [0.2, 0.25) is 11.8 Å². The first-order valence-electron chi connectivity index (χ1n) is 7.00. The average Bonchev–Trinajstić information content (AvgIpc) is 2.86. The van der Waals surface area contributed by atoms with Gasteiger partial charge in [-0.15, -0.1) is 0 Å². The zero-order chi connectivity index (χ0) is 18.6. The number of benzene rings is 1. The number of carbonyl (C=O) groups excluding carboxylic acids is 4. The highest BCUT2D eigenvalue weighted by Gasteiger charge is 2.31. The van der Waals surface area contributed by atoms with Crippen LogP contribution in [-0.2, 0) is 23.9 Å². The summed E-state index contributed by atoms with van der Waals surface area (Å²) in [5.74, 6) is -2.73. The van der Waals surface area contributed by atoms with Crippen molar-refractivity contribution in [3.05, 3.63) is 33.3 Å². The Morgan fingerprint density at radius 2 is 1.92 bits per heavy atom. The quantitative estimate of drug-likeness (QED) is 0.340. The molecule has 0 aromatic heterocycles. The molecule has 0 atom stereocenters. The van der Waals surface area contributed by atoms with Crippen molar-refractivity contribution >= 4 is 46.7 Å². The van der Waals surface area contributed by atoms with Gasteiger partial charge in [0.25, 0.3) is 11.6 Å². The van der Waals surface area contributed by atoms with Gasteiger partial charge in [0.15, 0.2) is 6.61 Å². The number of nitrogens with one attached hydrogen (secondary N) is 1. The molecule has 1 heterocycles. The highest BCUT2D eigenvalue weighted by molar-refractivity contribution is 6.31. The van der Waals surface area contributed by atoms with Crippen LogP contribution in [0.1, 0.15) is 12.8 Å². The second-order valence-corrected chi connectivity index (χ2v) is 5.44. The van der Waals surface area contributed by atoms with E-state index in [9.17, 15) is 29.3 Å². The molecule has 0 saturated carbocycles. The summed E-state index contributed by atoms with van der Waals surface area (Å²) in [6, 6.07) is 3.65. The summed E-state index contributed by atoms with van der Waals surface area (Å²) in [5, 5.41) is 13.3. The Bertz CT molecular complexity index is 749. The number of nitro groups is 1. The highest BCUT2D eigenvalue weighted by atomic mass is 35.5. The van der Waals surface area contributed by atoms with E-state index in [1.165, 1.54) is 12.1 Å². The van der Waals surface area contributed by atoms with Gasteiger partial charge in [0, 0.05) is 23.9 Å². The minimum absolute atomic E-state index is 0.0346. The summed E-state index contributed by atoms with van der Waals surface area (Å²) < 4.78 is 4.67. The largest absolute Gasteiger partial charge is 0.454 e. The molecular weight excluding hydrogens is 358 g/mol. The molecule has 1 aliphatic rings. The van der Waals surface area contributed by atoms with Gasteiger partial charge in [-0.25, -0.2) is 0 Å². The maximum absolute atomic E-state index is 11.8. The molecule has 1 aliphatic heterocycles. The van der Waals surface area contributed by atoms with Crippen LogP contribution >= 0.6 is 11.6 Å². The number of hydrogen-bond donors (Lipinski definition) is 1. The Balaban J connectivity index is 1.89. The lowest BCUT2D eigenvalue weighted by atomic mass is 10.2. The fourth-order valence-electron chi connectivity index (χ4n) is 2.07. The van der Waals surface area contributed by atoms with Crippen molar-refractivity contribution in [2.24, 2.45) is 0 Å². The topological polar surface area (TPSA) is 136 Å². The molecule has 11 heteroatoms. The molecular formula is C14H12ClN3O7. The average molecular weight is 370 g/mol. The van der Waals surface area contributed by atoms with Crippen molar-refractivity contribution in [2.75, 3.05) is 18.5 Å². The predicted molar refractivity (Wildman–Crippen MR) is 83.6 cm³/mol. The summed E-state index contributed by atoms with van der Waals surface area (Å²) in [7, 11) is 0. The molecule has 0 bridgehead atoms. The van der Waals surface area contributed by atoms with E-state index in [0.29, 0.717) is 0 Å². The number of nitro benzene ring substituents is 1. The van der Waals surface area contributed by atoms with Crippen LogP contribution in [0, 0.1) is 10.1 Å². The van der Waals surface area contributed by atoms with E-state index in [4.69, 9.17) is 11.6 Å². The first-order chi connectivity index (χ1) is 11.8. The number of esters is 1. The molecule has 1 aromatic rings. The van der Waals surface area contributed by atoms with E-state index in [2.05, 4.69) is 10.1 Å². The van der Waals surface area contributed by atoms with Gasteiger partial charge in [0.05, 0.1) is 4.92 Å². The van der Waals surface area contributed by atoms with E-state index < -0.39 is 47.5 Å². The molecule has 132 valence electrons. The number of hydrogen-bond acceptors (Lipinski definition) is 7. The Hall–Kier alpha value is -3.01. The standard InChI is InChI=1S/C14H12ClN3O7/c15-8-1-2-9(10(5-8)18(23)24)16-11(19)7-25-14(22)6-17-12(20)3-4-13(17)21/h1-2,5H,3-4,6-7H2,(H,16,19). The minimum atomic E-state index is -0.940. The monoisotopic (exact) mass is 369 g/mol. The maximum Gasteiger partial charge on any atom is 0.326 e. The molecule has 1 N–H and O–H groups in total. The molecule has 1 aromatic carbocycles. The number of carbonyl (C=O) groups is 4. The lowest BCUT2D eigenvalue weighted by Gasteiger charge is -2.12. The van der Waals surface area contributed by atoms with Crippen LogP contribution in [0.4, 0.5) is 11.4 Å². The second kappa shape index (κ2) is 7.71. The normalized spacial score (nSPS) is 13.7. The van der Waals surface area contributed by atoms with Crippen LogP contribution in [0.25, 0.3) is 0 Å². The number of ether oxygens (including phenoxy) is 1. The molecule has 3 amide bonds. The Kier molecular flexibility index (Phi) is 5.65. The van der Waals surface area contributed by atoms with Gasteiger partial charge >= 0.3 is 5.97 Å². The Morgan fingerprint density at radius 1 is 1.28 bits per heavy atom. The van der Waals surface area contributed by atoms with Crippen LogP contribution in [0.3, 0.4) is 0 Å². The maximum atomic E-state index is 11.8. The minimum Gasteiger partial charge on any atom is -0.454 e. The molecule has 2 rings (SSSR count). The van der Waals surface area contributed by atoms with Crippen LogP contribution < -0.4 is 5.32 Å². The fourth-order valence-corrected chi connectivity index (χ4v) is 2.23. The van der Waals surface area contributed by atoms with Crippen LogP contribution in [-0.4, -0.2) is 46.7 Å². The van der Waals surface area contributed by atoms with Gasteiger partial charge in [-0.05, 0) is 12.1 Å². The molecule has 10 nitrogen and oxygen atoms in total. The van der Waals surface area contributed by atoms with Crippen LogP contribution in [0.5, 0.6) is 0 Å². The molecule has 0 radical (unpaired) electrons. The fraction of sp³-hybridized carbons (Fsp3) is 0.286. The molecule has 0 spiro atoms. The summed E-state index contributed by atoms with van der Waals surface area (Å²) in [4.78, 5) is 57.0. The van der Waals surface area contributed by atoms with E-state index in [-0.39, 0.29) is 23.6 Å². The van der Waals surface area contributed by atoms with E-state index >= 15 is 0 Å². The van der Waals surface area contributed by atoms with E-state index in [1.807, 2.05) is 0 Å². The summed E-state index contributed by atoms with van der Waals surface area (Å²) in [6.07, 6.45) is 0.0691. The van der Waals surface area contributed by atoms with Crippen molar-refractivity contribution in [2.45, 2.75) is 12.8 Å². The summed E-state index contributed by atoms with van der Waals surface area (Å²) in [5.41, 5.74) is -0.527. The molecule has 1 saturated heterocycles. The molecule has 0 unspecified atom stereocenters. The Morgan fingerprint density at radius 3 is 2.52 bits per heavy atom. The number of nitrogens with zero attached hydrogens (tertiary/aromatic N) is 2. The first kappa shape index (κ1) is 18.3. The third kappa shape index (κ3) is 4.73. The van der Waals surface area contributed by atoms with Gasteiger partial charge in [-0.1, -0.05) is 11.6 Å². The van der Waals surface area contributed by atoms with E-state index in [0.717, 1.165) is 11.0 Å². The highest BCUT2D eigenvalue weighted by Crippen LogP contribution is 2.27. The van der Waals surface area contributed by atoms with Gasteiger partial charge in [-0.3, -0.25) is 34.2 Å². The summed E-state index contributed by atoms with van der Waals surface area (Å²) >= 11 is 5.66. The third-order valence-corrected chi connectivity index (χ3v) is 3.47. The number of likely N-dealkylation sites (tertiary alicyclic amines) is 1.